The lowest BCUT2D eigenvalue weighted by Crippen LogP contribution is -2.47. The molecule has 22 heavy (non-hydrogen) atoms. The first kappa shape index (κ1) is 16.5. The van der Waals surface area contributed by atoms with Gasteiger partial charge in [-0.3, -0.25) is 14.5 Å². The van der Waals surface area contributed by atoms with E-state index < -0.39 is 0 Å². The number of hydrogen-bond donors (Lipinski definition) is 0. The number of carbonyl (C=O) groups is 2. The Morgan fingerprint density at radius 2 is 1.73 bits per heavy atom. The van der Waals surface area contributed by atoms with E-state index in [0.29, 0.717) is 13.0 Å². The molecule has 0 spiro atoms. The van der Waals surface area contributed by atoms with Crippen LogP contribution >= 0.6 is 0 Å². The molecule has 5 heteroatoms. The highest BCUT2D eigenvalue weighted by atomic mass is 16.5. The van der Waals surface area contributed by atoms with Crippen molar-refractivity contribution in [3.05, 3.63) is 29.8 Å². The summed E-state index contributed by atoms with van der Waals surface area (Å²) in [5, 5.41) is 0. The molecule has 1 saturated heterocycles. The lowest BCUT2D eigenvalue weighted by molar-refractivity contribution is -0.143. The predicted molar refractivity (Wildman–Crippen MR) is 86.3 cm³/mol. The molecule has 1 aromatic rings. The van der Waals surface area contributed by atoms with Gasteiger partial charge in [-0.1, -0.05) is 0 Å². The third-order valence-electron chi connectivity index (χ3n) is 3.95. The van der Waals surface area contributed by atoms with Crippen LogP contribution in [0.3, 0.4) is 0 Å². The Morgan fingerprint density at radius 3 is 2.27 bits per heavy atom. The molecule has 1 fully saturated rings. The van der Waals surface area contributed by atoms with E-state index in [1.54, 1.807) is 6.92 Å². The topological polar surface area (TPSA) is 49.9 Å². The average molecular weight is 304 g/mol. The first-order valence-corrected chi connectivity index (χ1v) is 7.84. The summed E-state index contributed by atoms with van der Waals surface area (Å²) in [5.74, 6) is -0.0277. The Balaban J connectivity index is 1.79. The van der Waals surface area contributed by atoms with Gasteiger partial charge in [0.2, 0.25) is 0 Å². The predicted octanol–water partition coefficient (Wildman–Crippen LogP) is 1.96. The monoisotopic (exact) mass is 304 g/mol. The third-order valence-corrected chi connectivity index (χ3v) is 3.95. The molecule has 120 valence electrons. The highest BCUT2D eigenvalue weighted by Gasteiger charge is 2.18. The molecule has 0 amide bonds. The molecule has 0 bridgehead atoms. The number of benzene rings is 1. The Bertz CT molecular complexity index is 505. The van der Waals surface area contributed by atoms with Crippen LogP contribution in [0.4, 0.5) is 5.69 Å². The Hall–Kier alpha value is -1.88. The number of nitrogens with zero attached hydrogens (tertiary/aromatic N) is 2. The fourth-order valence-electron chi connectivity index (χ4n) is 2.62. The second kappa shape index (κ2) is 7.94. The van der Waals surface area contributed by atoms with Crippen molar-refractivity contribution in [2.24, 2.45) is 0 Å². The van der Waals surface area contributed by atoms with E-state index in [-0.39, 0.29) is 11.8 Å². The van der Waals surface area contributed by atoms with E-state index >= 15 is 0 Å². The van der Waals surface area contributed by atoms with Crippen LogP contribution in [0.5, 0.6) is 0 Å². The van der Waals surface area contributed by atoms with E-state index in [1.165, 1.54) is 0 Å². The maximum atomic E-state index is 11.4. The summed E-state index contributed by atoms with van der Waals surface area (Å²) in [6.07, 6.45) is 0.459. The van der Waals surface area contributed by atoms with Gasteiger partial charge in [-0.25, -0.2) is 0 Å². The fourth-order valence-corrected chi connectivity index (χ4v) is 2.62. The van der Waals surface area contributed by atoms with Crippen LogP contribution in [-0.2, 0) is 9.53 Å². The second-order valence-electron chi connectivity index (χ2n) is 5.49. The summed E-state index contributed by atoms with van der Waals surface area (Å²) >= 11 is 0. The molecule has 0 unspecified atom stereocenters. The second-order valence-corrected chi connectivity index (χ2v) is 5.49. The Morgan fingerprint density at radius 1 is 1.09 bits per heavy atom. The van der Waals surface area contributed by atoms with Gasteiger partial charge < -0.3 is 9.64 Å². The zero-order valence-electron chi connectivity index (χ0n) is 13.4. The highest BCUT2D eigenvalue weighted by Crippen LogP contribution is 2.17. The molecule has 0 saturated carbocycles. The molecule has 2 rings (SSSR count). The van der Waals surface area contributed by atoms with Gasteiger partial charge in [0.1, 0.15) is 0 Å². The van der Waals surface area contributed by atoms with Crippen LogP contribution in [0.2, 0.25) is 0 Å². The summed E-state index contributed by atoms with van der Waals surface area (Å²) < 4.78 is 4.95. The number of ether oxygens (including phenoxy) is 1. The molecule has 1 aliphatic rings. The van der Waals surface area contributed by atoms with E-state index in [4.69, 9.17) is 4.74 Å². The number of Topliss-reactive ketones (excluding diaryl/α,β-unsaturated/α-hetero) is 1. The van der Waals surface area contributed by atoms with Gasteiger partial charge in [0.05, 0.1) is 13.0 Å². The summed E-state index contributed by atoms with van der Waals surface area (Å²) in [6, 6.07) is 7.77. The summed E-state index contributed by atoms with van der Waals surface area (Å²) in [4.78, 5) is 27.3. The first-order valence-electron chi connectivity index (χ1n) is 7.84. The number of esters is 1. The SMILES string of the molecule is CCOC(=O)CCN1CCN(c2ccc(C(C)=O)cc2)CC1. The number of piperazine rings is 1. The van der Waals surface area contributed by atoms with Crippen LogP contribution in [0.15, 0.2) is 24.3 Å². The normalized spacial score (nSPS) is 15.6. The molecule has 0 radical (unpaired) electrons. The van der Waals surface area contributed by atoms with Crippen LogP contribution in [0, 0.1) is 0 Å². The van der Waals surface area contributed by atoms with Crippen LogP contribution in [0.25, 0.3) is 0 Å². The molecule has 1 aromatic carbocycles. The van der Waals surface area contributed by atoms with Crippen molar-refractivity contribution < 1.29 is 14.3 Å². The van der Waals surface area contributed by atoms with Crippen molar-refractivity contribution in [1.82, 2.24) is 4.90 Å². The largest absolute Gasteiger partial charge is 0.466 e. The standard InChI is InChI=1S/C17H24N2O3/c1-3-22-17(21)8-9-18-10-12-19(13-11-18)16-6-4-15(5-7-16)14(2)20/h4-7H,3,8-13H2,1-2H3. The lowest BCUT2D eigenvalue weighted by atomic mass is 10.1. The van der Waals surface area contributed by atoms with E-state index in [1.807, 2.05) is 31.2 Å². The van der Waals surface area contributed by atoms with Gasteiger partial charge in [-0.15, -0.1) is 0 Å². The molecule has 1 heterocycles. The molecule has 1 aliphatic heterocycles. The van der Waals surface area contributed by atoms with Crippen LogP contribution in [-0.4, -0.2) is 56.0 Å². The van der Waals surface area contributed by atoms with Crippen molar-refractivity contribution in [1.29, 1.82) is 0 Å². The van der Waals surface area contributed by atoms with Crippen LogP contribution < -0.4 is 4.90 Å². The van der Waals surface area contributed by atoms with E-state index in [2.05, 4.69) is 9.80 Å². The summed E-state index contributed by atoms with van der Waals surface area (Å²) in [7, 11) is 0. The highest BCUT2D eigenvalue weighted by molar-refractivity contribution is 5.94. The fraction of sp³-hybridized carbons (Fsp3) is 0.529. The average Bonchev–Trinajstić information content (AvgIpc) is 2.54. The number of ketones is 1. The zero-order valence-corrected chi connectivity index (χ0v) is 13.4. The first-order chi connectivity index (χ1) is 10.6. The molecule has 0 aromatic heterocycles. The molecule has 0 N–H and O–H groups in total. The van der Waals surface area contributed by atoms with Gasteiger partial charge in [0, 0.05) is 44.0 Å². The molecule has 0 atom stereocenters. The molecular weight excluding hydrogens is 280 g/mol. The minimum Gasteiger partial charge on any atom is -0.466 e. The van der Waals surface area contributed by atoms with Crippen molar-refractivity contribution in [2.45, 2.75) is 20.3 Å². The third kappa shape index (κ3) is 4.56. The Kier molecular flexibility index (Phi) is 5.95. The van der Waals surface area contributed by atoms with Gasteiger partial charge in [-0.2, -0.15) is 0 Å². The minimum absolute atomic E-state index is 0.0929. The van der Waals surface area contributed by atoms with E-state index in [9.17, 15) is 9.59 Å². The number of hydrogen-bond acceptors (Lipinski definition) is 5. The van der Waals surface area contributed by atoms with Gasteiger partial charge in [0.25, 0.3) is 0 Å². The van der Waals surface area contributed by atoms with Crippen LogP contribution in [0.1, 0.15) is 30.6 Å². The van der Waals surface area contributed by atoms with Crippen molar-refractivity contribution >= 4 is 17.4 Å². The summed E-state index contributed by atoms with van der Waals surface area (Å²) in [5.41, 5.74) is 1.90. The van der Waals surface area contributed by atoms with Crippen molar-refractivity contribution in [2.75, 3.05) is 44.2 Å². The van der Waals surface area contributed by atoms with Gasteiger partial charge >= 0.3 is 5.97 Å². The maximum Gasteiger partial charge on any atom is 0.307 e. The zero-order chi connectivity index (χ0) is 15.9. The minimum atomic E-state index is -0.121. The lowest BCUT2D eigenvalue weighted by Gasteiger charge is -2.36. The number of carbonyl (C=O) groups excluding carboxylic acids is 2. The number of anilines is 1. The number of rotatable bonds is 6. The Labute approximate surface area is 131 Å². The molecular formula is C17H24N2O3. The van der Waals surface area contributed by atoms with Gasteiger partial charge in [-0.05, 0) is 38.1 Å². The molecule has 0 aliphatic carbocycles. The van der Waals surface area contributed by atoms with Crippen molar-refractivity contribution in [3.63, 3.8) is 0 Å². The smallest absolute Gasteiger partial charge is 0.307 e. The summed E-state index contributed by atoms with van der Waals surface area (Å²) in [6.45, 7) is 8.36. The maximum absolute atomic E-state index is 11.4. The van der Waals surface area contributed by atoms with Gasteiger partial charge in [0.15, 0.2) is 5.78 Å². The van der Waals surface area contributed by atoms with Crippen molar-refractivity contribution in [3.8, 4) is 0 Å². The molecule has 5 nitrogen and oxygen atoms in total. The van der Waals surface area contributed by atoms with E-state index in [0.717, 1.165) is 44.0 Å². The quantitative estimate of drug-likeness (QED) is 0.594.